The molecule has 1 heterocycles. The first-order valence-electron chi connectivity index (χ1n) is 5.34. The lowest BCUT2D eigenvalue weighted by molar-refractivity contribution is 0.296. The van der Waals surface area contributed by atoms with E-state index in [-0.39, 0.29) is 0 Å². The lowest BCUT2D eigenvalue weighted by atomic mass is 10.1. The third kappa shape index (κ3) is 2.24. The average molecular weight is 216 g/mol. The third-order valence-electron chi connectivity index (χ3n) is 2.54. The number of hydrogen-bond donors (Lipinski definition) is 0. The van der Waals surface area contributed by atoms with E-state index in [2.05, 4.69) is 31.1 Å². The summed E-state index contributed by atoms with van der Waals surface area (Å²) in [5.41, 5.74) is 3.28. The molecule has 3 heteroatoms. The van der Waals surface area contributed by atoms with Crippen LogP contribution >= 0.6 is 0 Å². The van der Waals surface area contributed by atoms with Crippen molar-refractivity contribution in [3.8, 4) is 5.75 Å². The van der Waals surface area contributed by atoms with Gasteiger partial charge >= 0.3 is 0 Å². The Morgan fingerprint density at radius 3 is 2.44 bits per heavy atom. The summed E-state index contributed by atoms with van der Waals surface area (Å²) in [6.07, 6.45) is 1.92. The zero-order valence-corrected chi connectivity index (χ0v) is 9.90. The molecule has 1 aromatic carbocycles. The second kappa shape index (κ2) is 4.39. The molecule has 0 N–H and O–H groups in total. The normalized spacial score (nSPS) is 10.4. The monoisotopic (exact) mass is 216 g/mol. The maximum absolute atomic E-state index is 5.79. The van der Waals surface area contributed by atoms with Crippen molar-refractivity contribution in [2.24, 2.45) is 7.05 Å². The zero-order chi connectivity index (χ0) is 11.5. The van der Waals surface area contributed by atoms with Crippen LogP contribution in [0.5, 0.6) is 5.75 Å². The van der Waals surface area contributed by atoms with Gasteiger partial charge in [0.25, 0.3) is 0 Å². The highest BCUT2D eigenvalue weighted by Crippen LogP contribution is 2.23. The van der Waals surface area contributed by atoms with Crippen LogP contribution in [-0.4, -0.2) is 9.78 Å². The first-order valence-corrected chi connectivity index (χ1v) is 5.34. The molecule has 2 rings (SSSR count). The number of aryl methyl sites for hydroxylation is 3. The lowest BCUT2D eigenvalue weighted by Gasteiger charge is -2.10. The number of para-hydroxylation sites is 1. The molecular weight excluding hydrogens is 200 g/mol. The van der Waals surface area contributed by atoms with E-state index in [4.69, 9.17) is 4.74 Å². The molecule has 0 atom stereocenters. The van der Waals surface area contributed by atoms with Crippen LogP contribution < -0.4 is 4.74 Å². The molecule has 0 aliphatic heterocycles. The fraction of sp³-hybridized carbons (Fsp3) is 0.308. The fourth-order valence-electron chi connectivity index (χ4n) is 1.71. The van der Waals surface area contributed by atoms with Crippen LogP contribution in [0.4, 0.5) is 0 Å². The van der Waals surface area contributed by atoms with Crippen LogP contribution in [0.1, 0.15) is 16.8 Å². The van der Waals surface area contributed by atoms with Crippen LogP contribution in [0.15, 0.2) is 30.5 Å². The van der Waals surface area contributed by atoms with Gasteiger partial charge in [0.05, 0.1) is 5.69 Å². The molecule has 0 radical (unpaired) electrons. The van der Waals surface area contributed by atoms with Gasteiger partial charge in [0.15, 0.2) is 0 Å². The van der Waals surface area contributed by atoms with Gasteiger partial charge in [-0.25, -0.2) is 0 Å². The number of rotatable bonds is 3. The predicted octanol–water partition coefficient (Wildman–Crippen LogP) is 2.62. The van der Waals surface area contributed by atoms with Gasteiger partial charge in [0.2, 0.25) is 0 Å². The van der Waals surface area contributed by atoms with Crippen molar-refractivity contribution in [1.82, 2.24) is 9.78 Å². The molecule has 0 unspecified atom stereocenters. The van der Waals surface area contributed by atoms with Gasteiger partial charge in [-0.1, -0.05) is 18.2 Å². The fourth-order valence-corrected chi connectivity index (χ4v) is 1.71. The standard InChI is InChI=1S/C13H16N2O/c1-10-5-4-6-11(2)13(10)16-9-12-7-8-15(3)14-12/h4-8H,9H2,1-3H3. The summed E-state index contributed by atoms with van der Waals surface area (Å²) in [6.45, 7) is 4.63. The SMILES string of the molecule is Cc1cccc(C)c1OCc1ccn(C)n1. The molecule has 2 aromatic rings. The second-order valence-electron chi connectivity index (χ2n) is 3.99. The number of aromatic nitrogens is 2. The second-order valence-corrected chi connectivity index (χ2v) is 3.99. The van der Waals surface area contributed by atoms with Crippen LogP contribution in [-0.2, 0) is 13.7 Å². The zero-order valence-electron chi connectivity index (χ0n) is 9.90. The summed E-state index contributed by atoms with van der Waals surface area (Å²) in [4.78, 5) is 0. The summed E-state index contributed by atoms with van der Waals surface area (Å²) in [5.74, 6) is 0.966. The van der Waals surface area contributed by atoms with Crippen LogP contribution in [0.2, 0.25) is 0 Å². The number of ether oxygens (including phenoxy) is 1. The van der Waals surface area contributed by atoms with Gasteiger partial charge in [0.1, 0.15) is 12.4 Å². The molecule has 1 aromatic heterocycles. The third-order valence-corrected chi connectivity index (χ3v) is 2.54. The molecule has 0 bridgehead atoms. The van der Waals surface area contributed by atoms with Crippen LogP contribution in [0.3, 0.4) is 0 Å². The van der Waals surface area contributed by atoms with Crippen molar-refractivity contribution in [2.75, 3.05) is 0 Å². The number of benzene rings is 1. The summed E-state index contributed by atoms with van der Waals surface area (Å²) in [5, 5.41) is 4.28. The molecule has 0 saturated heterocycles. The Hall–Kier alpha value is -1.77. The molecule has 0 aliphatic rings. The highest BCUT2D eigenvalue weighted by molar-refractivity contribution is 5.39. The van der Waals surface area contributed by atoms with E-state index in [1.807, 2.05) is 25.4 Å². The van der Waals surface area contributed by atoms with Gasteiger partial charge in [-0.2, -0.15) is 5.10 Å². The maximum atomic E-state index is 5.79. The van der Waals surface area contributed by atoms with Crippen molar-refractivity contribution in [1.29, 1.82) is 0 Å². The molecule has 0 spiro atoms. The molecule has 0 aliphatic carbocycles. The molecular formula is C13H16N2O. The highest BCUT2D eigenvalue weighted by atomic mass is 16.5. The van der Waals surface area contributed by atoms with E-state index >= 15 is 0 Å². The largest absolute Gasteiger partial charge is 0.487 e. The Bertz CT molecular complexity index is 468. The Kier molecular flexibility index (Phi) is 2.95. The molecule has 84 valence electrons. The highest BCUT2D eigenvalue weighted by Gasteiger charge is 2.04. The van der Waals surface area contributed by atoms with E-state index in [0.717, 1.165) is 22.6 Å². The number of nitrogens with zero attached hydrogens (tertiary/aromatic N) is 2. The van der Waals surface area contributed by atoms with Crippen molar-refractivity contribution >= 4 is 0 Å². The van der Waals surface area contributed by atoms with Crippen molar-refractivity contribution in [3.05, 3.63) is 47.3 Å². The molecule has 0 saturated carbocycles. The predicted molar refractivity (Wildman–Crippen MR) is 63.5 cm³/mol. The first-order chi connectivity index (χ1) is 7.66. The summed E-state index contributed by atoms with van der Waals surface area (Å²) < 4.78 is 7.57. The van der Waals surface area contributed by atoms with Crippen molar-refractivity contribution < 1.29 is 4.74 Å². The van der Waals surface area contributed by atoms with Gasteiger partial charge < -0.3 is 4.74 Å². The van der Waals surface area contributed by atoms with Crippen molar-refractivity contribution in [2.45, 2.75) is 20.5 Å². The van der Waals surface area contributed by atoms with Gasteiger partial charge in [0, 0.05) is 13.2 Å². The molecule has 3 nitrogen and oxygen atoms in total. The van der Waals surface area contributed by atoms with Gasteiger partial charge in [-0.05, 0) is 31.0 Å². The quantitative estimate of drug-likeness (QED) is 0.788. The van der Waals surface area contributed by atoms with E-state index in [0.29, 0.717) is 6.61 Å². The number of hydrogen-bond acceptors (Lipinski definition) is 2. The average Bonchev–Trinajstić information content (AvgIpc) is 2.63. The minimum absolute atomic E-state index is 0.520. The first kappa shape index (κ1) is 10.7. The molecule has 0 fully saturated rings. The Morgan fingerprint density at radius 2 is 1.88 bits per heavy atom. The Labute approximate surface area is 95.7 Å². The summed E-state index contributed by atoms with van der Waals surface area (Å²) >= 11 is 0. The topological polar surface area (TPSA) is 27.1 Å². The molecule has 0 amide bonds. The van der Waals surface area contributed by atoms with E-state index in [1.54, 1.807) is 4.68 Å². The Balaban J connectivity index is 2.10. The van der Waals surface area contributed by atoms with Crippen LogP contribution in [0, 0.1) is 13.8 Å². The van der Waals surface area contributed by atoms with E-state index in [1.165, 1.54) is 0 Å². The van der Waals surface area contributed by atoms with E-state index < -0.39 is 0 Å². The van der Waals surface area contributed by atoms with Gasteiger partial charge in [-0.3, -0.25) is 4.68 Å². The lowest BCUT2D eigenvalue weighted by Crippen LogP contribution is -2.00. The Morgan fingerprint density at radius 1 is 1.19 bits per heavy atom. The maximum Gasteiger partial charge on any atom is 0.132 e. The minimum atomic E-state index is 0.520. The summed E-state index contributed by atoms with van der Waals surface area (Å²) in [6, 6.07) is 8.12. The van der Waals surface area contributed by atoms with Gasteiger partial charge in [-0.15, -0.1) is 0 Å². The van der Waals surface area contributed by atoms with E-state index in [9.17, 15) is 0 Å². The molecule has 16 heavy (non-hydrogen) atoms. The van der Waals surface area contributed by atoms with Crippen LogP contribution in [0.25, 0.3) is 0 Å². The minimum Gasteiger partial charge on any atom is -0.487 e. The smallest absolute Gasteiger partial charge is 0.132 e. The van der Waals surface area contributed by atoms with Crippen molar-refractivity contribution in [3.63, 3.8) is 0 Å². The summed E-state index contributed by atoms with van der Waals surface area (Å²) in [7, 11) is 1.91.